The molecule has 0 aliphatic rings. The Hall–Kier alpha value is -4.54. The van der Waals surface area contributed by atoms with Gasteiger partial charge >= 0.3 is 0 Å². The number of hydrogen-bond acceptors (Lipinski definition) is 10. The number of benzene rings is 3. The maximum atomic E-state index is 5.17. The van der Waals surface area contributed by atoms with Gasteiger partial charge in [0, 0.05) is 21.9 Å². The summed E-state index contributed by atoms with van der Waals surface area (Å²) in [5, 5.41) is 14.0. The molecule has 0 amide bonds. The Morgan fingerprint density at radius 3 is 1.37 bits per heavy atom. The fourth-order valence-corrected chi connectivity index (χ4v) is 4.77. The van der Waals surface area contributed by atoms with E-state index in [1.165, 1.54) is 22.7 Å². The van der Waals surface area contributed by atoms with Gasteiger partial charge in [0.2, 0.25) is 10.3 Å². The molecular formula is C28H24N6O2S2. The van der Waals surface area contributed by atoms with Gasteiger partial charge in [0.15, 0.2) is 0 Å². The highest BCUT2D eigenvalue weighted by Crippen LogP contribution is 2.29. The number of hydrogen-bond donors (Lipinski definition) is 2. The number of rotatable bonds is 10. The molecule has 3 aromatic carbocycles. The monoisotopic (exact) mass is 540 g/mol. The molecule has 190 valence electrons. The summed E-state index contributed by atoms with van der Waals surface area (Å²) in [6.45, 7) is 0. The number of nitrogens with zero attached hydrogens (tertiary/aromatic N) is 4. The van der Waals surface area contributed by atoms with Gasteiger partial charge in [-0.15, -0.1) is 22.7 Å². The zero-order valence-corrected chi connectivity index (χ0v) is 22.3. The molecule has 0 saturated heterocycles. The van der Waals surface area contributed by atoms with E-state index in [1.807, 2.05) is 83.6 Å². The highest BCUT2D eigenvalue weighted by molar-refractivity contribution is 7.14. The number of nitrogens with one attached hydrogen (secondary N) is 2. The second-order valence-electron chi connectivity index (χ2n) is 7.94. The Morgan fingerprint density at radius 2 is 1.00 bits per heavy atom. The molecule has 38 heavy (non-hydrogen) atoms. The van der Waals surface area contributed by atoms with Crippen molar-refractivity contribution in [3.63, 3.8) is 0 Å². The molecule has 0 saturated carbocycles. The van der Waals surface area contributed by atoms with E-state index in [4.69, 9.17) is 9.47 Å². The number of anilines is 2. The van der Waals surface area contributed by atoms with E-state index in [0.717, 1.165) is 55.4 Å². The topological polar surface area (TPSA) is 93.0 Å². The van der Waals surface area contributed by atoms with Crippen LogP contribution in [-0.4, -0.2) is 36.6 Å². The van der Waals surface area contributed by atoms with E-state index >= 15 is 0 Å². The predicted octanol–water partition coefficient (Wildman–Crippen LogP) is 6.84. The maximum Gasteiger partial charge on any atom is 0.203 e. The lowest BCUT2D eigenvalue weighted by Gasteiger charge is -2.00. The van der Waals surface area contributed by atoms with Crippen LogP contribution in [0.2, 0.25) is 0 Å². The number of hydrazone groups is 2. The van der Waals surface area contributed by atoms with Crippen molar-refractivity contribution in [1.82, 2.24) is 9.97 Å². The van der Waals surface area contributed by atoms with Crippen LogP contribution < -0.4 is 20.3 Å². The van der Waals surface area contributed by atoms with Crippen molar-refractivity contribution in [3.8, 4) is 34.0 Å². The van der Waals surface area contributed by atoms with Gasteiger partial charge < -0.3 is 9.47 Å². The fraction of sp³-hybridized carbons (Fsp3) is 0.0714. The molecule has 2 N–H and O–H groups in total. The number of methoxy groups -OCH3 is 2. The molecule has 2 aromatic heterocycles. The SMILES string of the molecule is COc1ccc(/C=N/Nc2nc(-c3ccc(-c4csc(N/N=C/c5ccc(OC)cc5)n4)cc3)cs2)cc1. The number of thiazole rings is 2. The van der Waals surface area contributed by atoms with Gasteiger partial charge in [0.05, 0.1) is 38.0 Å². The summed E-state index contributed by atoms with van der Waals surface area (Å²) >= 11 is 3.01. The van der Waals surface area contributed by atoms with Gasteiger partial charge in [-0.05, 0) is 59.7 Å². The summed E-state index contributed by atoms with van der Waals surface area (Å²) in [4.78, 5) is 9.28. The molecule has 5 rings (SSSR count). The lowest BCUT2D eigenvalue weighted by molar-refractivity contribution is 0.414. The highest BCUT2D eigenvalue weighted by atomic mass is 32.1. The largest absolute Gasteiger partial charge is 0.497 e. The van der Waals surface area contributed by atoms with Crippen LogP contribution in [0.1, 0.15) is 11.1 Å². The standard InChI is InChI=1S/C28H24N6O2S2/c1-35-23-11-3-19(4-12-23)15-29-33-27-31-25(17-37-27)21-7-9-22(10-8-21)26-18-38-28(32-26)34-30-16-20-5-13-24(36-2)14-6-20/h3-18H,1-2H3,(H,31,33)(H,32,34)/b29-15+,30-16+. The lowest BCUT2D eigenvalue weighted by atomic mass is 10.1. The van der Waals surface area contributed by atoms with Crippen molar-refractivity contribution in [2.45, 2.75) is 0 Å². The second-order valence-corrected chi connectivity index (χ2v) is 9.66. The van der Waals surface area contributed by atoms with Crippen LogP contribution in [-0.2, 0) is 0 Å². The minimum Gasteiger partial charge on any atom is -0.497 e. The van der Waals surface area contributed by atoms with Crippen LogP contribution >= 0.6 is 22.7 Å². The zero-order valence-electron chi connectivity index (χ0n) is 20.7. The van der Waals surface area contributed by atoms with E-state index < -0.39 is 0 Å². The third-order valence-electron chi connectivity index (χ3n) is 5.46. The molecule has 2 heterocycles. The first-order valence-electron chi connectivity index (χ1n) is 11.6. The fourth-order valence-electron chi connectivity index (χ4n) is 3.43. The Balaban J connectivity index is 1.16. The Kier molecular flexibility index (Phi) is 8.02. The molecular weight excluding hydrogens is 516 g/mol. The smallest absolute Gasteiger partial charge is 0.203 e. The van der Waals surface area contributed by atoms with E-state index in [1.54, 1.807) is 26.6 Å². The Morgan fingerprint density at radius 1 is 0.605 bits per heavy atom. The number of ether oxygens (including phenoxy) is 2. The normalized spacial score (nSPS) is 11.2. The summed E-state index contributed by atoms with van der Waals surface area (Å²) in [5.41, 5.74) is 11.7. The van der Waals surface area contributed by atoms with Crippen LogP contribution in [0.4, 0.5) is 10.3 Å². The Labute approximate surface area is 228 Å². The third kappa shape index (κ3) is 6.41. The van der Waals surface area contributed by atoms with Crippen LogP contribution in [0, 0.1) is 0 Å². The third-order valence-corrected chi connectivity index (χ3v) is 6.96. The molecule has 0 unspecified atom stereocenters. The molecule has 0 atom stereocenters. The molecule has 0 radical (unpaired) electrons. The van der Waals surface area contributed by atoms with Crippen molar-refractivity contribution in [2.24, 2.45) is 10.2 Å². The number of aromatic nitrogens is 2. The van der Waals surface area contributed by atoms with Gasteiger partial charge in [-0.1, -0.05) is 24.3 Å². The summed E-state index contributed by atoms with van der Waals surface area (Å²) in [6.07, 6.45) is 3.49. The Bertz CT molecular complexity index is 1410. The lowest BCUT2D eigenvalue weighted by Crippen LogP contribution is -1.91. The van der Waals surface area contributed by atoms with E-state index in [9.17, 15) is 0 Å². The van der Waals surface area contributed by atoms with E-state index in [-0.39, 0.29) is 0 Å². The van der Waals surface area contributed by atoms with Gasteiger partial charge in [-0.25, -0.2) is 9.97 Å². The summed E-state index contributed by atoms with van der Waals surface area (Å²) in [7, 11) is 3.29. The van der Waals surface area contributed by atoms with Crippen LogP contribution in [0.25, 0.3) is 22.5 Å². The summed E-state index contributed by atoms with van der Waals surface area (Å²) in [6, 6.07) is 23.5. The minimum atomic E-state index is 0.722. The average molecular weight is 541 g/mol. The minimum absolute atomic E-state index is 0.722. The van der Waals surface area contributed by atoms with Gasteiger partial charge in [0.1, 0.15) is 11.5 Å². The van der Waals surface area contributed by atoms with Crippen molar-refractivity contribution in [1.29, 1.82) is 0 Å². The van der Waals surface area contributed by atoms with Gasteiger partial charge in [-0.2, -0.15) is 10.2 Å². The zero-order chi connectivity index (χ0) is 26.2. The van der Waals surface area contributed by atoms with Crippen molar-refractivity contribution < 1.29 is 9.47 Å². The first-order valence-corrected chi connectivity index (χ1v) is 13.3. The van der Waals surface area contributed by atoms with Crippen LogP contribution in [0.5, 0.6) is 11.5 Å². The summed E-state index contributed by atoms with van der Waals surface area (Å²) < 4.78 is 10.3. The van der Waals surface area contributed by atoms with Crippen LogP contribution in [0.3, 0.4) is 0 Å². The van der Waals surface area contributed by atoms with Gasteiger partial charge in [-0.3, -0.25) is 10.9 Å². The first-order chi connectivity index (χ1) is 18.7. The summed E-state index contributed by atoms with van der Waals surface area (Å²) in [5.74, 6) is 1.63. The molecule has 8 nitrogen and oxygen atoms in total. The molecule has 0 bridgehead atoms. The molecule has 10 heteroatoms. The first kappa shape index (κ1) is 25.1. The highest BCUT2D eigenvalue weighted by Gasteiger charge is 2.07. The molecule has 0 aliphatic carbocycles. The molecule has 0 aliphatic heterocycles. The van der Waals surface area contributed by atoms with Crippen LogP contribution in [0.15, 0.2) is 93.8 Å². The second kappa shape index (κ2) is 12.1. The van der Waals surface area contributed by atoms with Gasteiger partial charge in [0.25, 0.3) is 0 Å². The average Bonchev–Trinajstić information content (AvgIpc) is 3.64. The van der Waals surface area contributed by atoms with Crippen molar-refractivity contribution >= 4 is 45.4 Å². The predicted molar refractivity (Wildman–Crippen MR) is 157 cm³/mol. The van der Waals surface area contributed by atoms with Crippen molar-refractivity contribution in [2.75, 3.05) is 25.1 Å². The quantitative estimate of drug-likeness (QED) is 0.149. The molecule has 5 aromatic rings. The van der Waals surface area contributed by atoms with Crippen molar-refractivity contribution in [3.05, 3.63) is 94.7 Å². The van der Waals surface area contributed by atoms with E-state index in [2.05, 4.69) is 31.0 Å². The van der Waals surface area contributed by atoms with E-state index in [0.29, 0.717) is 0 Å². The maximum absolute atomic E-state index is 5.17. The molecule has 0 spiro atoms. The molecule has 0 fully saturated rings.